The fraction of sp³-hybridized carbons (Fsp3) is 0.417. The molecule has 0 aromatic heterocycles. The summed E-state index contributed by atoms with van der Waals surface area (Å²) < 4.78 is 0. The third kappa shape index (κ3) is 3.80. The van der Waals surface area contributed by atoms with Crippen LogP contribution in [0.1, 0.15) is 71.9 Å². The highest BCUT2D eigenvalue weighted by atomic mass is 14.2. The van der Waals surface area contributed by atoms with Crippen LogP contribution in [0.25, 0.3) is 12.2 Å². The number of aryl methyl sites for hydroxylation is 1. The third-order valence-electron chi connectivity index (χ3n) is 5.98. The number of hydrogen-bond donors (Lipinski definition) is 0. The molecule has 0 bridgehead atoms. The Morgan fingerprint density at radius 1 is 0.750 bits per heavy atom. The van der Waals surface area contributed by atoms with E-state index in [0.29, 0.717) is 0 Å². The highest BCUT2D eigenvalue weighted by Gasteiger charge is 2.19. The second kappa shape index (κ2) is 7.38. The van der Waals surface area contributed by atoms with Crippen molar-refractivity contribution in [2.24, 2.45) is 5.92 Å². The molecule has 2 aromatic carbocycles. The second-order valence-electron chi connectivity index (χ2n) is 7.68. The molecule has 0 unspecified atom stereocenters. The molecule has 1 aliphatic rings. The van der Waals surface area contributed by atoms with Gasteiger partial charge in [0.1, 0.15) is 0 Å². The lowest BCUT2D eigenvalue weighted by atomic mass is 9.79. The van der Waals surface area contributed by atoms with Crippen LogP contribution < -0.4 is 0 Å². The van der Waals surface area contributed by atoms with E-state index >= 15 is 0 Å². The fourth-order valence-corrected chi connectivity index (χ4v) is 3.82. The van der Waals surface area contributed by atoms with E-state index in [-0.39, 0.29) is 0 Å². The molecule has 3 rings (SSSR count). The van der Waals surface area contributed by atoms with E-state index in [1.807, 2.05) is 0 Å². The summed E-state index contributed by atoms with van der Waals surface area (Å²) in [6, 6.07) is 13.7. The molecule has 1 fully saturated rings. The first kappa shape index (κ1) is 17.0. The van der Waals surface area contributed by atoms with Crippen molar-refractivity contribution in [1.29, 1.82) is 0 Å². The topological polar surface area (TPSA) is 0 Å². The van der Waals surface area contributed by atoms with E-state index in [1.165, 1.54) is 59.1 Å². The highest BCUT2D eigenvalue weighted by molar-refractivity contribution is 5.72. The highest BCUT2D eigenvalue weighted by Crippen LogP contribution is 2.35. The van der Waals surface area contributed by atoms with Crippen molar-refractivity contribution < 1.29 is 0 Å². The van der Waals surface area contributed by atoms with Crippen LogP contribution in [0, 0.1) is 26.7 Å². The molecule has 24 heavy (non-hydrogen) atoms. The van der Waals surface area contributed by atoms with Gasteiger partial charge in [0.25, 0.3) is 0 Å². The summed E-state index contributed by atoms with van der Waals surface area (Å²) in [7, 11) is 0. The lowest BCUT2D eigenvalue weighted by molar-refractivity contribution is 0.348. The zero-order valence-corrected chi connectivity index (χ0v) is 15.6. The summed E-state index contributed by atoms with van der Waals surface area (Å²) in [5.41, 5.74) is 8.31. The summed E-state index contributed by atoms with van der Waals surface area (Å²) in [5, 5.41) is 0. The van der Waals surface area contributed by atoms with E-state index in [4.69, 9.17) is 0 Å². The van der Waals surface area contributed by atoms with E-state index in [9.17, 15) is 0 Å². The van der Waals surface area contributed by atoms with Gasteiger partial charge >= 0.3 is 0 Å². The van der Waals surface area contributed by atoms with Crippen molar-refractivity contribution in [3.63, 3.8) is 0 Å². The minimum absolute atomic E-state index is 0.779. The monoisotopic (exact) mass is 318 g/mol. The zero-order valence-electron chi connectivity index (χ0n) is 15.6. The Bertz CT molecular complexity index is 710. The van der Waals surface area contributed by atoms with Gasteiger partial charge in [-0.15, -0.1) is 0 Å². The van der Waals surface area contributed by atoms with Crippen LogP contribution in [-0.4, -0.2) is 0 Å². The van der Waals surface area contributed by atoms with Gasteiger partial charge in [-0.25, -0.2) is 0 Å². The maximum absolute atomic E-state index is 2.39. The maximum Gasteiger partial charge on any atom is -0.0162 e. The Kier molecular flexibility index (Phi) is 5.23. The first-order chi connectivity index (χ1) is 11.5. The van der Waals surface area contributed by atoms with Gasteiger partial charge in [0.2, 0.25) is 0 Å². The molecule has 0 spiro atoms. The summed E-state index contributed by atoms with van der Waals surface area (Å²) in [6.07, 6.45) is 9.98. The Hall–Kier alpha value is -1.82. The van der Waals surface area contributed by atoms with Crippen LogP contribution in [0.4, 0.5) is 0 Å². The molecule has 0 N–H and O–H groups in total. The molecule has 1 saturated carbocycles. The molecule has 126 valence electrons. The van der Waals surface area contributed by atoms with Crippen LogP contribution in [0.15, 0.2) is 36.4 Å². The van der Waals surface area contributed by atoms with Gasteiger partial charge in [0.05, 0.1) is 0 Å². The van der Waals surface area contributed by atoms with Gasteiger partial charge in [0.15, 0.2) is 0 Å². The van der Waals surface area contributed by atoms with Crippen molar-refractivity contribution in [3.8, 4) is 0 Å². The largest absolute Gasteiger partial charge is 0.0625 e. The van der Waals surface area contributed by atoms with Crippen LogP contribution >= 0.6 is 0 Å². The first-order valence-corrected chi connectivity index (χ1v) is 9.39. The summed E-state index contributed by atoms with van der Waals surface area (Å²) >= 11 is 0. The Morgan fingerprint density at radius 2 is 1.42 bits per heavy atom. The van der Waals surface area contributed by atoms with Crippen LogP contribution in [-0.2, 0) is 0 Å². The van der Waals surface area contributed by atoms with Gasteiger partial charge in [-0.05, 0) is 78.8 Å². The van der Waals surface area contributed by atoms with E-state index in [2.05, 4.69) is 76.2 Å². The molecule has 2 aromatic rings. The average molecular weight is 319 g/mol. The SMILES string of the molecule is Cc1ccc(C=Cc2ccc(C3CCC(C)CC3)cc2)c(C)c1C. The molecular formula is C24H30. The molecular weight excluding hydrogens is 288 g/mol. The predicted octanol–water partition coefficient (Wildman–Crippen LogP) is 7.08. The molecule has 0 heterocycles. The number of rotatable bonds is 3. The zero-order chi connectivity index (χ0) is 17.1. The Balaban J connectivity index is 1.71. The minimum Gasteiger partial charge on any atom is -0.0625 e. The van der Waals surface area contributed by atoms with E-state index < -0.39 is 0 Å². The number of benzene rings is 2. The van der Waals surface area contributed by atoms with Crippen molar-refractivity contribution in [3.05, 3.63) is 69.8 Å². The van der Waals surface area contributed by atoms with Crippen molar-refractivity contribution in [2.75, 3.05) is 0 Å². The van der Waals surface area contributed by atoms with Crippen LogP contribution in [0.5, 0.6) is 0 Å². The second-order valence-corrected chi connectivity index (χ2v) is 7.68. The normalized spacial score (nSPS) is 21.3. The first-order valence-electron chi connectivity index (χ1n) is 9.39. The number of hydrogen-bond acceptors (Lipinski definition) is 0. The average Bonchev–Trinajstić information content (AvgIpc) is 2.60. The molecule has 0 radical (unpaired) electrons. The van der Waals surface area contributed by atoms with Crippen molar-refractivity contribution in [2.45, 2.75) is 59.3 Å². The quantitative estimate of drug-likeness (QED) is 0.531. The molecule has 0 amide bonds. The minimum atomic E-state index is 0.779. The molecule has 0 saturated heterocycles. The smallest absolute Gasteiger partial charge is 0.0162 e. The van der Waals surface area contributed by atoms with E-state index in [1.54, 1.807) is 0 Å². The lowest BCUT2D eigenvalue weighted by Gasteiger charge is -2.26. The summed E-state index contributed by atoms with van der Waals surface area (Å²) in [5.74, 6) is 1.70. The fourth-order valence-electron chi connectivity index (χ4n) is 3.82. The van der Waals surface area contributed by atoms with E-state index in [0.717, 1.165) is 11.8 Å². The third-order valence-corrected chi connectivity index (χ3v) is 5.98. The van der Waals surface area contributed by atoms with Crippen molar-refractivity contribution >= 4 is 12.2 Å². The molecule has 0 nitrogen and oxygen atoms in total. The van der Waals surface area contributed by atoms with Gasteiger partial charge < -0.3 is 0 Å². The predicted molar refractivity (Wildman–Crippen MR) is 106 cm³/mol. The maximum atomic E-state index is 2.39. The Morgan fingerprint density at radius 3 is 2.08 bits per heavy atom. The lowest BCUT2D eigenvalue weighted by Crippen LogP contribution is -2.10. The molecule has 0 atom stereocenters. The van der Waals surface area contributed by atoms with Gasteiger partial charge in [-0.3, -0.25) is 0 Å². The van der Waals surface area contributed by atoms with Crippen LogP contribution in [0.2, 0.25) is 0 Å². The summed E-state index contributed by atoms with van der Waals surface area (Å²) in [6.45, 7) is 9.00. The van der Waals surface area contributed by atoms with Crippen molar-refractivity contribution in [1.82, 2.24) is 0 Å². The molecule has 0 aliphatic heterocycles. The molecule has 0 heteroatoms. The Labute approximate surface area is 147 Å². The molecule has 1 aliphatic carbocycles. The van der Waals surface area contributed by atoms with Gasteiger partial charge in [-0.2, -0.15) is 0 Å². The van der Waals surface area contributed by atoms with Gasteiger partial charge in [0, 0.05) is 0 Å². The summed E-state index contributed by atoms with van der Waals surface area (Å²) in [4.78, 5) is 0. The van der Waals surface area contributed by atoms with Gasteiger partial charge in [-0.1, -0.05) is 68.3 Å². The van der Waals surface area contributed by atoms with Crippen LogP contribution in [0.3, 0.4) is 0 Å². The standard InChI is InChI=1S/C24H30/c1-17-5-11-23(12-6-17)24-15-9-21(10-16-24)8-14-22-13-7-18(2)19(3)20(22)4/h7-10,13-17,23H,5-6,11-12H2,1-4H3.